The Morgan fingerprint density at radius 3 is 1.55 bits per heavy atom. The second-order valence-corrected chi connectivity index (χ2v) is 7.74. The van der Waals surface area contributed by atoms with Gasteiger partial charge in [-0.05, 0) is 28.1 Å². The van der Waals surface area contributed by atoms with Gasteiger partial charge in [0.2, 0.25) is 0 Å². The Kier molecular flexibility index (Phi) is 8.15. The van der Waals surface area contributed by atoms with Gasteiger partial charge in [-0.3, -0.25) is 15.0 Å². The molecule has 0 aliphatic carbocycles. The van der Waals surface area contributed by atoms with E-state index in [0.29, 0.717) is 15.5 Å². The SMILES string of the molecule is CN=C(N)Sc1cc(SC(N)=NC)c(Br)c(SC(N)=NC)c1. The first-order chi connectivity index (χ1) is 10.4. The normalized spacial score (nSPS) is 13.5. The van der Waals surface area contributed by atoms with Crippen LogP contribution in [0.2, 0.25) is 0 Å². The standard InChI is InChI=1S/C12H17BrN6S3/c1-17-10(14)20-6-4-7(21-11(15)18-2)9(13)8(5-6)22-12(16)19-3/h4-5H,1-3H3,(H2,14,17)(H2,15,18)(H2,16,19). The summed E-state index contributed by atoms with van der Waals surface area (Å²) in [5, 5.41) is 1.41. The molecule has 120 valence electrons. The summed E-state index contributed by atoms with van der Waals surface area (Å²) < 4.78 is 0.886. The Hall–Kier alpha value is -0.840. The molecule has 0 amide bonds. The first-order valence-electron chi connectivity index (χ1n) is 5.95. The molecule has 0 unspecified atom stereocenters. The molecule has 0 fully saturated rings. The van der Waals surface area contributed by atoms with Gasteiger partial charge in [0.05, 0.1) is 0 Å². The maximum absolute atomic E-state index is 5.81. The second kappa shape index (κ2) is 9.33. The third kappa shape index (κ3) is 5.75. The van der Waals surface area contributed by atoms with Crippen molar-refractivity contribution >= 4 is 66.7 Å². The number of rotatable bonds is 3. The summed E-state index contributed by atoms with van der Waals surface area (Å²) in [6.45, 7) is 0. The smallest absolute Gasteiger partial charge is 0.158 e. The Balaban J connectivity index is 3.29. The average molecular weight is 421 g/mol. The van der Waals surface area contributed by atoms with Gasteiger partial charge in [-0.2, -0.15) is 0 Å². The number of thioether (sulfide) groups is 3. The first kappa shape index (κ1) is 19.2. The van der Waals surface area contributed by atoms with E-state index in [9.17, 15) is 0 Å². The number of benzene rings is 1. The Labute approximate surface area is 151 Å². The Morgan fingerprint density at radius 1 is 0.818 bits per heavy atom. The maximum Gasteiger partial charge on any atom is 0.158 e. The van der Waals surface area contributed by atoms with Crippen molar-refractivity contribution in [1.29, 1.82) is 0 Å². The number of hydrogen-bond donors (Lipinski definition) is 3. The second-order valence-electron chi connectivity index (χ2n) is 3.73. The van der Waals surface area contributed by atoms with Crippen LogP contribution >= 0.6 is 51.2 Å². The van der Waals surface area contributed by atoms with Crippen LogP contribution in [-0.4, -0.2) is 36.6 Å². The molecule has 0 radical (unpaired) electrons. The van der Waals surface area contributed by atoms with Crippen LogP contribution in [0, 0.1) is 0 Å². The van der Waals surface area contributed by atoms with Gasteiger partial charge in [0, 0.05) is 40.3 Å². The fourth-order valence-corrected chi connectivity index (χ4v) is 4.26. The van der Waals surface area contributed by atoms with Gasteiger partial charge in [0.25, 0.3) is 0 Å². The minimum absolute atomic E-state index is 0.466. The first-order valence-corrected chi connectivity index (χ1v) is 9.19. The van der Waals surface area contributed by atoms with E-state index in [1.165, 1.54) is 35.3 Å². The molecule has 1 rings (SSSR count). The predicted molar refractivity (Wildman–Crippen MR) is 104 cm³/mol. The van der Waals surface area contributed by atoms with E-state index >= 15 is 0 Å². The number of aliphatic imine (C=N–C) groups is 3. The molecule has 6 N–H and O–H groups in total. The molecule has 0 aliphatic rings. The molecular formula is C12H17BrN6S3. The lowest BCUT2D eigenvalue weighted by molar-refractivity contribution is 1.20. The van der Waals surface area contributed by atoms with Crippen molar-refractivity contribution in [3.63, 3.8) is 0 Å². The number of hydrogen-bond acceptors (Lipinski definition) is 6. The summed E-state index contributed by atoms with van der Waals surface area (Å²) in [5.74, 6) is 0. The van der Waals surface area contributed by atoms with Crippen LogP contribution in [0.4, 0.5) is 0 Å². The molecule has 0 spiro atoms. The lowest BCUT2D eigenvalue weighted by Crippen LogP contribution is -2.08. The molecule has 1 aromatic rings. The molecule has 0 atom stereocenters. The van der Waals surface area contributed by atoms with Crippen LogP contribution < -0.4 is 17.2 Å². The van der Waals surface area contributed by atoms with Crippen molar-refractivity contribution in [2.75, 3.05) is 21.1 Å². The molecule has 0 aliphatic heterocycles. The summed E-state index contributed by atoms with van der Waals surface area (Å²) in [7, 11) is 4.94. The number of nitrogens with zero attached hydrogens (tertiary/aromatic N) is 3. The zero-order valence-electron chi connectivity index (χ0n) is 12.3. The van der Waals surface area contributed by atoms with Crippen LogP contribution in [0.25, 0.3) is 0 Å². The van der Waals surface area contributed by atoms with Crippen LogP contribution in [0.1, 0.15) is 0 Å². The van der Waals surface area contributed by atoms with Crippen LogP contribution in [-0.2, 0) is 0 Å². The van der Waals surface area contributed by atoms with Gasteiger partial charge in [0.15, 0.2) is 15.5 Å². The van der Waals surface area contributed by atoms with E-state index in [-0.39, 0.29) is 0 Å². The zero-order valence-corrected chi connectivity index (χ0v) is 16.4. The van der Waals surface area contributed by atoms with Crippen molar-refractivity contribution in [3.05, 3.63) is 16.6 Å². The minimum atomic E-state index is 0.466. The van der Waals surface area contributed by atoms with Crippen molar-refractivity contribution in [2.24, 2.45) is 32.2 Å². The molecule has 0 heterocycles. The number of nitrogens with two attached hydrogens (primary N) is 3. The molecule has 0 saturated carbocycles. The quantitative estimate of drug-likeness (QED) is 0.393. The lowest BCUT2D eigenvalue weighted by atomic mass is 10.4. The molecule has 0 saturated heterocycles. The Morgan fingerprint density at radius 2 is 1.18 bits per heavy atom. The minimum Gasteiger partial charge on any atom is -0.378 e. The highest BCUT2D eigenvalue weighted by Gasteiger charge is 2.14. The summed E-state index contributed by atoms with van der Waals surface area (Å²) in [6.07, 6.45) is 0. The lowest BCUT2D eigenvalue weighted by Gasteiger charge is -2.12. The van der Waals surface area contributed by atoms with Gasteiger partial charge < -0.3 is 17.2 Å². The zero-order chi connectivity index (χ0) is 16.7. The van der Waals surface area contributed by atoms with E-state index in [4.69, 9.17) is 17.2 Å². The summed E-state index contributed by atoms with van der Waals surface area (Å²) in [4.78, 5) is 14.7. The monoisotopic (exact) mass is 420 g/mol. The molecular weight excluding hydrogens is 404 g/mol. The average Bonchev–Trinajstić information content (AvgIpc) is 2.51. The van der Waals surface area contributed by atoms with Gasteiger partial charge in [0.1, 0.15) is 0 Å². The topological polar surface area (TPSA) is 115 Å². The van der Waals surface area contributed by atoms with Gasteiger partial charge in [-0.25, -0.2) is 0 Å². The molecule has 1 aromatic carbocycles. The van der Waals surface area contributed by atoms with Crippen LogP contribution in [0.15, 0.2) is 46.3 Å². The van der Waals surface area contributed by atoms with Gasteiger partial charge in [-0.1, -0.05) is 35.3 Å². The number of halogens is 1. The highest BCUT2D eigenvalue weighted by molar-refractivity contribution is 9.10. The van der Waals surface area contributed by atoms with Crippen LogP contribution in [0.3, 0.4) is 0 Å². The Bertz CT molecular complexity index is 588. The fraction of sp³-hybridized carbons (Fsp3) is 0.250. The van der Waals surface area contributed by atoms with Crippen LogP contribution in [0.5, 0.6) is 0 Å². The van der Waals surface area contributed by atoms with Crippen molar-refractivity contribution in [2.45, 2.75) is 14.7 Å². The molecule has 0 bridgehead atoms. The van der Waals surface area contributed by atoms with Crippen molar-refractivity contribution < 1.29 is 0 Å². The maximum atomic E-state index is 5.81. The summed E-state index contributed by atoms with van der Waals surface area (Å²) >= 11 is 7.67. The van der Waals surface area contributed by atoms with E-state index in [2.05, 4.69) is 30.9 Å². The summed E-state index contributed by atoms with van der Waals surface area (Å²) in [6, 6.07) is 3.94. The molecule has 6 nitrogen and oxygen atoms in total. The highest BCUT2D eigenvalue weighted by Crippen LogP contribution is 2.39. The van der Waals surface area contributed by atoms with E-state index in [1.807, 2.05) is 12.1 Å². The van der Waals surface area contributed by atoms with E-state index in [0.717, 1.165) is 19.2 Å². The number of amidine groups is 3. The van der Waals surface area contributed by atoms with Crippen molar-refractivity contribution in [3.8, 4) is 0 Å². The summed E-state index contributed by atoms with van der Waals surface area (Å²) in [5.41, 5.74) is 17.4. The third-order valence-corrected chi connectivity index (χ3v) is 6.40. The van der Waals surface area contributed by atoms with E-state index < -0.39 is 0 Å². The predicted octanol–water partition coefficient (Wildman–Crippen LogP) is 2.56. The van der Waals surface area contributed by atoms with Gasteiger partial charge >= 0.3 is 0 Å². The molecule has 22 heavy (non-hydrogen) atoms. The highest BCUT2D eigenvalue weighted by atomic mass is 79.9. The molecule has 0 aromatic heterocycles. The largest absolute Gasteiger partial charge is 0.378 e. The fourth-order valence-electron chi connectivity index (χ4n) is 1.24. The van der Waals surface area contributed by atoms with Crippen molar-refractivity contribution in [1.82, 2.24) is 0 Å². The van der Waals surface area contributed by atoms with E-state index in [1.54, 1.807) is 21.1 Å². The van der Waals surface area contributed by atoms with Gasteiger partial charge in [-0.15, -0.1) is 0 Å². The third-order valence-electron chi connectivity index (χ3n) is 2.29. The molecule has 10 heteroatoms.